The Kier molecular flexibility index (Phi) is 3.10. The number of aromatic nitrogens is 1. The standard InChI is InChI=1S/C8H9FN2O3/c9-5-1-4(2-11-3-5)7(12)6(10)8(13)14/h1-3,6-7,12H,10H2,(H,13,14). The molecule has 1 heterocycles. The first-order chi connectivity index (χ1) is 6.52. The normalized spacial score (nSPS) is 14.8. The molecule has 0 aliphatic rings. The summed E-state index contributed by atoms with van der Waals surface area (Å²) < 4.78 is 12.6. The zero-order chi connectivity index (χ0) is 10.7. The van der Waals surface area contributed by atoms with Gasteiger partial charge in [-0.1, -0.05) is 0 Å². The highest BCUT2D eigenvalue weighted by molar-refractivity contribution is 5.74. The van der Waals surface area contributed by atoms with Crippen molar-refractivity contribution in [2.24, 2.45) is 5.73 Å². The molecule has 2 unspecified atom stereocenters. The fourth-order valence-electron chi connectivity index (χ4n) is 0.932. The van der Waals surface area contributed by atoms with Crippen LogP contribution in [-0.2, 0) is 4.79 Å². The number of carbonyl (C=O) groups is 1. The van der Waals surface area contributed by atoms with Crippen molar-refractivity contribution in [1.29, 1.82) is 0 Å². The molecule has 4 N–H and O–H groups in total. The van der Waals surface area contributed by atoms with E-state index in [1.165, 1.54) is 0 Å². The highest BCUT2D eigenvalue weighted by Crippen LogP contribution is 2.15. The predicted octanol–water partition coefficient (Wildman–Crippen LogP) is -0.334. The molecule has 0 aromatic carbocycles. The minimum absolute atomic E-state index is 0.0416. The van der Waals surface area contributed by atoms with Gasteiger partial charge in [0.15, 0.2) is 0 Å². The molecule has 0 saturated carbocycles. The highest BCUT2D eigenvalue weighted by atomic mass is 19.1. The second-order valence-electron chi connectivity index (χ2n) is 2.75. The molecule has 0 amide bonds. The number of halogens is 1. The summed E-state index contributed by atoms with van der Waals surface area (Å²) in [6.45, 7) is 0. The number of aliphatic carboxylic acids is 1. The molecule has 0 saturated heterocycles. The summed E-state index contributed by atoms with van der Waals surface area (Å²) in [7, 11) is 0. The minimum atomic E-state index is -1.49. The number of aliphatic hydroxyl groups is 1. The van der Waals surface area contributed by atoms with E-state index >= 15 is 0 Å². The third-order valence-corrected chi connectivity index (χ3v) is 1.69. The Morgan fingerprint density at radius 1 is 1.57 bits per heavy atom. The van der Waals surface area contributed by atoms with Crippen molar-refractivity contribution < 1.29 is 19.4 Å². The summed E-state index contributed by atoms with van der Waals surface area (Å²) in [6.07, 6.45) is 0.648. The Morgan fingerprint density at radius 2 is 2.21 bits per heavy atom. The lowest BCUT2D eigenvalue weighted by Gasteiger charge is -2.14. The van der Waals surface area contributed by atoms with Gasteiger partial charge in [-0.15, -0.1) is 0 Å². The summed E-state index contributed by atoms with van der Waals surface area (Å²) in [5.41, 5.74) is 5.18. The molecule has 1 rings (SSSR count). The van der Waals surface area contributed by atoms with E-state index in [2.05, 4.69) is 4.98 Å². The maximum Gasteiger partial charge on any atom is 0.323 e. The van der Waals surface area contributed by atoms with E-state index in [9.17, 15) is 14.3 Å². The average Bonchev–Trinajstić information content (AvgIpc) is 2.15. The number of carboxylic acid groups (broad SMARTS) is 1. The van der Waals surface area contributed by atoms with Crippen LogP contribution in [0, 0.1) is 5.82 Å². The molecular weight excluding hydrogens is 191 g/mol. The first-order valence-electron chi connectivity index (χ1n) is 3.79. The molecule has 6 heteroatoms. The highest BCUT2D eigenvalue weighted by Gasteiger charge is 2.23. The van der Waals surface area contributed by atoms with Crippen molar-refractivity contribution in [2.45, 2.75) is 12.1 Å². The fraction of sp³-hybridized carbons (Fsp3) is 0.250. The van der Waals surface area contributed by atoms with Gasteiger partial charge >= 0.3 is 5.97 Å². The first kappa shape index (κ1) is 10.6. The Hall–Kier alpha value is -1.53. The van der Waals surface area contributed by atoms with E-state index in [0.29, 0.717) is 0 Å². The van der Waals surface area contributed by atoms with Gasteiger partial charge in [0, 0.05) is 11.8 Å². The molecular formula is C8H9FN2O3. The zero-order valence-corrected chi connectivity index (χ0v) is 7.09. The maximum atomic E-state index is 12.6. The van der Waals surface area contributed by atoms with Crippen molar-refractivity contribution >= 4 is 5.97 Å². The Labute approximate surface area is 79.0 Å². The molecule has 0 fully saturated rings. The van der Waals surface area contributed by atoms with Gasteiger partial charge in [0.05, 0.1) is 6.20 Å². The van der Waals surface area contributed by atoms with Crippen molar-refractivity contribution in [3.63, 3.8) is 0 Å². The van der Waals surface area contributed by atoms with Gasteiger partial charge in [-0.25, -0.2) is 4.39 Å². The Morgan fingerprint density at radius 3 is 2.71 bits per heavy atom. The summed E-state index contributed by atoms with van der Waals surface area (Å²) in [5, 5.41) is 17.9. The van der Waals surface area contributed by atoms with Gasteiger partial charge < -0.3 is 15.9 Å². The molecule has 0 spiro atoms. The summed E-state index contributed by atoms with van der Waals surface area (Å²) in [6, 6.07) is -0.501. The predicted molar refractivity (Wildman–Crippen MR) is 44.8 cm³/mol. The molecule has 5 nitrogen and oxygen atoms in total. The third-order valence-electron chi connectivity index (χ3n) is 1.69. The molecule has 0 bridgehead atoms. The van der Waals surface area contributed by atoms with Gasteiger partial charge in [-0.2, -0.15) is 0 Å². The molecule has 1 aromatic heterocycles. The van der Waals surface area contributed by atoms with E-state index in [0.717, 1.165) is 18.5 Å². The maximum absolute atomic E-state index is 12.6. The van der Waals surface area contributed by atoms with E-state index in [1.54, 1.807) is 0 Å². The monoisotopic (exact) mass is 200 g/mol. The number of nitrogens with zero attached hydrogens (tertiary/aromatic N) is 1. The summed E-state index contributed by atoms with van der Waals surface area (Å²) in [5.74, 6) is -2.01. The second kappa shape index (κ2) is 4.12. The second-order valence-corrected chi connectivity index (χ2v) is 2.75. The van der Waals surface area contributed by atoms with Crippen molar-refractivity contribution in [2.75, 3.05) is 0 Å². The van der Waals surface area contributed by atoms with E-state index in [1.807, 2.05) is 0 Å². The van der Waals surface area contributed by atoms with Crippen LogP contribution in [0.5, 0.6) is 0 Å². The van der Waals surface area contributed by atoms with Gasteiger partial charge in [0.25, 0.3) is 0 Å². The van der Waals surface area contributed by atoms with Gasteiger partial charge in [0.1, 0.15) is 18.0 Å². The zero-order valence-electron chi connectivity index (χ0n) is 7.09. The van der Waals surface area contributed by atoms with Crippen LogP contribution in [-0.4, -0.2) is 27.2 Å². The number of pyridine rings is 1. The van der Waals surface area contributed by atoms with Crippen LogP contribution in [0.1, 0.15) is 11.7 Å². The van der Waals surface area contributed by atoms with Crippen molar-refractivity contribution in [1.82, 2.24) is 4.98 Å². The van der Waals surface area contributed by atoms with Gasteiger partial charge in [0.2, 0.25) is 0 Å². The lowest BCUT2D eigenvalue weighted by atomic mass is 10.1. The molecule has 2 atom stereocenters. The molecule has 1 aromatic rings. The van der Waals surface area contributed by atoms with Crippen LogP contribution in [0.25, 0.3) is 0 Å². The molecule has 76 valence electrons. The van der Waals surface area contributed by atoms with Crippen LogP contribution in [0.15, 0.2) is 18.5 Å². The fourth-order valence-corrected chi connectivity index (χ4v) is 0.932. The quantitative estimate of drug-likeness (QED) is 0.620. The van der Waals surface area contributed by atoms with E-state index in [4.69, 9.17) is 10.8 Å². The number of rotatable bonds is 3. The molecule has 14 heavy (non-hydrogen) atoms. The van der Waals surface area contributed by atoms with Crippen LogP contribution in [0.3, 0.4) is 0 Å². The number of aliphatic hydroxyl groups excluding tert-OH is 1. The summed E-state index contributed by atoms with van der Waals surface area (Å²) >= 11 is 0. The largest absolute Gasteiger partial charge is 0.480 e. The lowest BCUT2D eigenvalue weighted by Crippen LogP contribution is -2.36. The number of carboxylic acids is 1. The molecule has 0 aliphatic carbocycles. The van der Waals surface area contributed by atoms with E-state index in [-0.39, 0.29) is 5.56 Å². The number of hydrogen-bond acceptors (Lipinski definition) is 4. The minimum Gasteiger partial charge on any atom is -0.480 e. The first-order valence-corrected chi connectivity index (χ1v) is 3.79. The SMILES string of the molecule is NC(C(=O)O)C(O)c1cncc(F)c1. The lowest BCUT2D eigenvalue weighted by molar-refractivity contribution is -0.141. The number of hydrogen-bond donors (Lipinski definition) is 3. The molecule has 0 aliphatic heterocycles. The smallest absolute Gasteiger partial charge is 0.323 e. The Bertz CT molecular complexity index is 345. The average molecular weight is 200 g/mol. The van der Waals surface area contributed by atoms with Crippen LogP contribution in [0.2, 0.25) is 0 Å². The van der Waals surface area contributed by atoms with Crippen molar-refractivity contribution in [3.8, 4) is 0 Å². The van der Waals surface area contributed by atoms with Gasteiger partial charge in [-0.05, 0) is 6.07 Å². The van der Waals surface area contributed by atoms with Crippen LogP contribution < -0.4 is 5.73 Å². The number of nitrogens with two attached hydrogens (primary N) is 1. The van der Waals surface area contributed by atoms with Gasteiger partial charge in [-0.3, -0.25) is 9.78 Å². The van der Waals surface area contributed by atoms with Crippen molar-refractivity contribution in [3.05, 3.63) is 29.8 Å². The topological polar surface area (TPSA) is 96.4 Å². The van der Waals surface area contributed by atoms with Crippen LogP contribution >= 0.6 is 0 Å². The van der Waals surface area contributed by atoms with E-state index < -0.39 is 23.9 Å². The van der Waals surface area contributed by atoms with Crippen LogP contribution in [0.4, 0.5) is 4.39 Å². The Balaban J connectivity index is 2.89. The third kappa shape index (κ3) is 2.24. The molecule has 0 radical (unpaired) electrons. The summed E-state index contributed by atoms with van der Waals surface area (Å²) in [4.78, 5) is 13.9.